The molecule has 1 aromatic heterocycles. The second kappa shape index (κ2) is 4.27. The SMILES string of the molecule is O=C(O)c1ncccc1NC[C@@H]1CCO1. The zero-order valence-corrected chi connectivity index (χ0v) is 8.14. The lowest BCUT2D eigenvalue weighted by Gasteiger charge is -2.27. The summed E-state index contributed by atoms with van der Waals surface area (Å²) < 4.78 is 5.22. The van der Waals surface area contributed by atoms with Gasteiger partial charge < -0.3 is 15.2 Å². The fourth-order valence-electron chi connectivity index (χ4n) is 1.39. The summed E-state index contributed by atoms with van der Waals surface area (Å²) in [6, 6.07) is 3.41. The number of rotatable bonds is 4. The van der Waals surface area contributed by atoms with E-state index in [0.29, 0.717) is 12.2 Å². The van der Waals surface area contributed by atoms with Gasteiger partial charge in [0, 0.05) is 19.3 Å². The first-order valence-corrected chi connectivity index (χ1v) is 4.81. The molecule has 1 fully saturated rings. The molecule has 2 heterocycles. The van der Waals surface area contributed by atoms with Crippen molar-refractivity contribution >= 4 is 11.7 Å². The quantitative estimate of drug-likeness (QED) is 0.771. The van der Waals surface area contributed by atoms with E-state index in [1.165, 1.54) is 6.20 Å². The fourth-order valence-corrected chi connectivity index (χ4v) is 1.39. The Balaban J connectivity index is 2.02. The van der Waals surface area contributed by atoms with Crippen molar-refractivity contribution in [2.75, 3.05) is 18.5 Å². The number of aromatic nitrogens is 1. The van der Waals surface area contributed by atoms with Gasteiger partial charge in [0.05, 0.1) is 11.8 Å². The Morgan fingerprint density at radius 1 is 1.73 bits per heavy atom. The standard InChI is InChI=1S/C10H12N2O3/c13-10(14)9-8(2-1-4-11-9)12-6-7-3-5-15-7/h1-2,4,7,12H,3,5-6H2,(H,13,14)/t7-/m0/s1. The number of hydrogen-bond acceptors (Lipinski definition) is 4. The molecular formula is C10H12N2O3. The Morgan fingerprint density at radius 2 is 2.53 bits per heavy atom. The molecule has 1 aromatic rings. The highest BCUT2D eigenvalue weighted by atomic mass is 16.5. The van der Waals surface area contributed by atoms with Crippen LogP contribution < -0.4 is 5.32 Å². The van der Waals surface area contributed by atoms with Gasteiger partial charge in [0.2, 0.25) is 0 Å². The van der Waals surface area contributed by atoms with Crippen LogP contribution in [0.2, 0.25) is 0 Å². The molecule has 2 N–H and O–H groups in total. The number of nitrogens with zero attached hydrogens (tertiary/aromatic N) is 1. The van der Waals surface area contributed by atoms with Gasteiger partial charge in [0.25, 0.3) is 0 Å². The number of pyridine rings is 1. The van der Waals surface area contributed by atoms with Crippen LogP contribution in [0.3, 0.4) is 0 Å². The van der Waals surface area contributed by atoms with E-state index in [4.69, 9.17) is 9.84 Å². The van der Waals surface area contributed by atoms with Crippen LogP contribution in [0.1, 0.15) is 16.9 Å². The van der Waals surface area contributed by atoms with Gasteiger partial charge in [-0.25, -0.2) is 9.78 Å². The van der Waals surface area contributed by atoms with Crippen LogP contribution in [0.5, 0.6) is 0 Å². The molecule has 5 nitrogen and oxygen atoms in total. The van der Waals surface area contributed by atoms with Crippen molar-refractivity contribution in [1.29, 1.82) is 0 Å². The van der Waals surface area contributed by atoms with Gasteiger partial charge in [-0.05, 0) is 18.6 Å². The van der Waals surface area contributed by atoms with Crippen molar-refractivity contribution in [1.82, 2.24) is 4.98 Å². The van der Waals surface area contributed by atoms with Crippen molar-refractivity contribution in [3.63, 3.8) is 0 Å². The van der Waals surface area contributed by atoms with Crippen LogP contribution in [0, 0.1) is 0 Å². The minimum atomic E-state index is -1.02. The highest BCUT2D eigenvalue weighted by Crippen LogP contribution is 2.15. The Kier molecular flexibility index (Phi) is 2.82. The lowest BCUT2D eigenvalue weighted by Crippen LogP contribution is -2.33. The third-order valence-electron chi connectivity index (χ3n) is 2.32. The molecule has 0 radical (unpaired) electrons. The van der Waals surface area contributed by atoms with Crippen LogP contribution in [0.4, 0.5) is 5.69 Å². The highest BCUT2D eigenvalue weighted by Gasteiger charge is 2.18. The van der Waals surface area contributed by atoms with Gasteiger partial charge >= 0.3 is 5.97 Å². The second-order valence-corrected chi connectivity index (χ2v) is 3.37. The smallest absolute Gasteiger partial charge is 0.356 e. The molecule has 1 atom stereocenters. The minimum Gasteiger partial charge on any atom is -0.476 e. The number of hydrogen-bond donors (Lipinski definition) is 2. The van der Waals surface area contributed by atoms with Crippen molar-refractivity contribution in [3.8, 4) is 0 Å². The molecule has 2 rings (SSSR count). The van der Waals surface area contributed by atoms with E-state index >= 15 is 0 Å². The highest BCUT2D eigenvalue weighted by molar-refractivity contribution is 5.91. The Morgan fingerprint density at radius 3 is 3.13 bits per heavy atom. The number of ether oxygens (including phenoxy) is 1. The maximum Gasteiger partial charge on any atom is 0.356 e. The number of carboxylic acids is 1. The van der Waals surface area contributed by atoms with Crippen LogP contribution >= 0.6 is 0 Å². The Hall–Kier alpha value is -1.62. The minimum absolute atomic E-state index is 0.0526. The summed E-state index contributed by atoms with van der Waals surface area (Å²) in [5, 5.41) is 11.9. The van der Waals surface area contributed by atoms with Crippen molar-refractivity contribution in [3.05, 3.63) is 24.0 Å². The average molecular weight is 208 g/mol. The largest absolute Gasteiger partial charge is 0.476 e. The van der Waals surface area contributed by atoms with Gasteiger partial charge in [-0.1, -0.05) is 0 Å². The van der Waals surface area contributed by atoms with E-state index in [0.717, 1.165) is 13.0 Å². The molecule has 1 aliphatic rings. The molecule has 0 bridgehead atoms. The molecule has 15 heavy (non-hydrogen) atoms. The Labute approximate surface area is 87.1 Å². The summed E-state index contributed by atoms with van der Waals surface area (Å²) in [5.74, 6) is -1.02. The van der Waals surface area contributed by atoms with Crippen LogP contribution in [0.25, 0.3) is 0 Å². The van der Waals surface area contributed by atoms with E-state index in [2.05, 4.69) is 10.3 Å². The molecule has 0 unspecified atom stereocenters. The zero-order chi connectivity index (χ0) is 10.7. The summed E-state index contributed by atoms with van der Waals surface area (Å²) in [7, 11) is 0. The first-order valence-electron chi connectivity index (χ1n) is 4.81. The molecule has 0 amide bonds. The molecule has 1 saturated heterocycles. The van der Waals surface area contributed by atoms with Gasteiger partial charge in [-0.15, -0.1) is 0 Å². The molecule has 0 aromatic carbocycles. The summed E-state index contributed by atoms with van der Waals surface area (Å²) in [4.78, 5) is 14.6. The predicted octanol–water partition coefficient (Wildman–Crippen LogP) is 0.981. The zero-order valence-electron chi connectivity index (χ0n) is 8.14. The van der Waals surface area contributed by atoms with E-state index in [1.54, 1.807) is 12.1 Å². The average Bonchev–Trinajstić information content (AvgIpc) is 2.16. The second-order valence-electron chi connectivity index (χ2n) is 3.37. The molecule has 0 saturated carbocycles. The molecule has 5 heteroatoms. The first kappa shape index (κ1) is 9.92. The summed E-state index contributed by atoms with van der Waals surface area (Å²) >= 11 is 0. The van der Waals surface area contributed by atoms with Gasteiger partial charge in [0.1, 0.15) is 0 Å². The van der Waals surface area contributed by atoms with Gasteiger partial charge in [0.15, 0.2) is 5.69 Å². The van der Waals surface area contributed by atoms with Crippen LogP contribution in [-0.2, 0) is 4.74 Å². The van der Waals surface area contributed by atoms with E-state index in [-0.39, 0.29) is 11.8 Å². The van der Waals surface area contributed by atoms with Crippen molar-refractivity contribution in [2.45, 2.75) is 12.5 Å². The predicted molar refractivity (Wildman–Crippen MR) is 54.0 cm³/mol. The maximum atomic E-state index is 10.8. The molecule has 80 valence electrons. The van der Waals surface area contributed by atoms with E-state index in [1.807, 2.05) is 0 Å². The van der Waals surface area contributed by atoms with Crippen molar-refractivity contribution in [2.24, 2.45) is 0 Å². The number of anilines is 1. The van der Waals surface area contributed by atoms with Crippen LogP contribution in [-0.4, -0.2) is 35.3 Å². The third kappa shape index (κ3) is 2.24. The lowest BCUT2D eigenvalue weighted by molar-refractivity contribution is -0.0410. The first-order chi connectivity index (χ1) is 7.27. The maximum absolute atomic E-state index is 10.8. The number of nitrogens with one attached hydrogen (secondary N) is 1. The summed E-state index contributed by atoms with van der Waals surface area (Å²) in [6.07, 6.45) is 2.69. The normalized spacial score (nSPS) is 19.3. The monoisotopic (exact) mass is 208 g/mol. The molecule has 1 aliphatic heterocycles. The van der Waals surface area contributed by atoms with E-state index < -0.39 is 5.97 Å². The van der Waals surface area contributed by atoms with E-state index in [9.17, 15) is 4.79 Å². The molecular weight excluding hydrogens is 196 g/mol. The Bertz CT molecular complexity index is 363. The lowest BCUT2D eigenvalue weighted by atomic mass is 10.2. The van der Waals surface area contributed by atoms with Gasteiger partial charge in [-0.2, -0.15) is 0 Å². The van der Waals surface area contributed by atoms with Crippen molar-refractivity contribution < 1.29 is 14.6 Å². The number of carbonyl (C=O) groups is 1. The topological polar surface area (TPSA) is 71.5 Å². The van der Waals surface area contributed by atoms with Gasteiger partial charge in [-0.3, -0.25) is 0 Å². The summed E-state index contributed by atoms with van der Waals surface area (Å²) in [5.41, 5.74) is 0.595. The van der Waals surface area contributed by atoms with Crippen LogP contribution in [0.15, 0.2) is 18.3 Å². The third-order valence-corrected chi connectivity index (χ3v) is 2.32. The number of aromatic carboxylic acids is 1. The number of carboxylic acid groups (broad SMARTS) is 1. The summed E-state index contributed by atoms with van der Waals surface area (Å²) in [6.45, 7) is 1.43. The fraction of sp³-hybridized carbons (Fsp3) is 0.400. The molecule has 0 aliphatic carbocycles. The molecule has 0 spiro atoms.